The molecule has 0 radical (unpaired) electrons. The van der Waals surface area contributed by atoms with E-state index >= 15 is 4.39 Å². The Bertz CT molecular complexity index is 1770. The maximum atomic E-state index is 15.8. The van der Waals surface area contributed by atoms with Crippen LogP contribution < -0.4 is 15.0 Å². The number of halogens is 2. The molecule has 246 valence electrons. The SMILES string of the molecule is CCSc1ccc(Oc2cccc(OCCN3CCN(C(=O)OC(C)(C)C)CC3)c2F)c(-c2cn(C)c(=O)c3c2ccn3SI)c1. The van der Waals surface area contributed by atoms with Crippen LogP contribution >= 0.6 is 42.1 Å². The number of carbonyl (C=O) groups excluding carboxylic acids is 1. The van der Waals surface area contributed by atoms with Crippen LogP contribution in [0, 0.1) is 5.82 Å². The number of pyridine rings is 1. The minimum absolute atomic E-state index is 0.0436. The molecule has 3 heterocycles. The zero-order valence-electron chi connectivity index (χ0n) is 26.5. The van der Waals surface area contributed by atoms with Crippen molar-refractivity contribution in [3.63, 3.8) is 0 Å². The minimum atomic E-state index is -0.590. The predicted molar refractivity (Wildman–Crippen MR) is 192 cm³/mol. The van der Waals surface area contributed by atoms with E-state index in [0.717, 1.165) is 27.2 Å². The molecule has 46 heavy (non-hydrogen) atoms. The molecule has 1 saturated heterocycles. The number of piperazine rings is 1. The molecule has 13 heteroatoms. The first-order valence-corrected chi connectivity index (χ1v) is 19.4. The van der Waals surface area contributed by atoms with Crippen molar-refractivity contribution < 1.29 is 23.4 Å². The van der Waals surface area contributed by atoms with E-state index in [1.54, 1.807) is 52.7 Å². The third-order valence-corrected chi connectivity index (χ3v) is 10.1. The molecule has 1 amide bonds. The summed E-state index contributed by atoms with van der Waals surface area (Å²) >= 11 is 3.85. The molecule has 2 aromatic heterocycles. The molecule has 5 rings (SSSR count). The van der Waals surface area contributed by atoms with Crippen LogP contribution in [0.25, 0.3) is 22.0 Å². The van der Waals surface area contributed by atoms with Gasteiger partial charge in [0.15, 0.2) is 11.5 Å². The molecule has 0 aliphatic carbocycles. The third kappa shape index (κ3) is 7.97. The number of hydrogen-bond acceptors (Lipinski definition) is 8. The van der Waals surface area contributed by atoms with Gasteiger partial charge in [-0.15, -0.1) is 11.8 Å². The lowest BCUT2D eigenvalue weighted by molar-refractivity contribution is 0.0136. The van der Waals surface area contributed by atoms with Crippen molar-refractivity contribution in [3.05, 3.63) is 71.0 Å². The molecule has 0 saturated carbocycles. The topological polar surface area (TPSA) is 78.2 Å². The Morgan fingerprint density at radius 2 is 1.76 bits per heavy atom. The van der Waals surface area contributed by atoms with Gasteiger partial charge in [-0.1, -0.05) is 13.0 Å². The largest absolute Gasteiger partial charge is 0.489 e. The van der Waals surface area contributed by atoms with Gasteiger partial charge in [-0.05, 0) is 62.9 Å². The van der Waals surface area contributed by atoms with Gasteiger partial charge in [0, 0.05) is 104 Å². The van der Waals surface area contributed by atoms with Gasteiger partial charge in [-0.2, -0.15) is 4.39 Å². The monoisotopic (exact) mass is 780 g/mol. The number of ether oxygens (including phenoxy) is 3. The smallest absolute Gasteiger partial charge is 0.410 e. The van der Waals surface area contributed by atoms with E-state index in [2.05, 4.69) is 33.0 Å². The fourth-order valence-corrected chi connectivity index (χ4v) is 7.27. The molecule has 9 nitrogen and oxygen atoms in total. The highest BCUT2D eigenvalue weighted by Crippen LogP contribution is 2.41. The van der Waals surface area contributed by atoms with Crippen LogP contribution in [0.1, 0.15) is 27.7 Å². The van der Waals surface area contributed by atoms with Gasteiger partial charge in [0.25, 0.3) is 5.56 Å². The van der Waals surface area contributed by atoms with E-state index in [1.807, 2.05) is 55.2 Å². The summed E-state index contributed by atoms with van der Waals surface area (Å²) in [6, 6.07) is 12.6. The summed E-state index contributed by atoms with van der Waals surface area (Å²) in [5.74, 6) is 0.909. The van der Waals surface area contributed by atoms with Crippen molar-refractivity contribution in [1.82, 2.24) is 18.3 Å². The first-order valence-electron chi connectivity index (χ1n) is 15.1. The molecule has 0 bridgehead atoms. The summed E-state index contributed by atoms with van der Waals surface area (Å²) in [7, 11) is 3.15. The molecule has 2 aromatic carbocycles. The standard InChI is InChI=1S/C33H38FIN4O5S2/c1-6-45-22-10-11-26(24(20-22)25-21-36(5)31(40)30-23(25)12-13-39(30)46-35)43-28-9-7-8-27(29(28)34)42-19-18-37-14-16-38(17-15-37)32(41)44-33(2,3)4/h7-13,20-21H,6,14-19H2,1-5H3. The van der Waals surface area contributed by atoms with Crippen LogP contribution in [0.15, 0.2) is 64.5 Å². The van der Waals surface area contributed by atoms with Crippen LogP contribution in [0.4, 0.5) is 9.18 Å². The summed E-state index contributed by atoms with van der Waals surface area (Å²) in [5.41, 5.74) is 1.51. The Kier molecular flexibility index (Phi) is 11.2. The van der Waals surface area contributed by atoms with Crippen molar-refractivity contribution in [2.24, 2.45) is 7.05 Å². The second-order valence-corrected chi connectivity index (χ2v) is 14.9. The highest BCUT2D eigenvalue weighted by molar-refractivity contribution is 14.2. The Balaban J connectivity index is 1.32. The lowest BCUT2D eigenvalue weighted by Gasteiger charge is -2.35. The second-order valence-electron chi connectivity index (χ2n) is 11.9. The zero-order chi connectivity index (χ0) is 33.0. The molecule has 0 unspecified atom stereocenters. The molecular weight excluding hydrogens is 742 g/mol. The number of fused-ring (bicyclic) bond motifs is 1. The van der Waals surface area contributed by atoms with Crippen molar-refractivity contribution in [1.29, 1.82) is 0 Å². The second kappa shape index (κ2) is 14.9. The number of nitrogens with zero attached hydrogens (tertiary/aromatic N) is 4. The lowest BCUT2D eigenvalue weighted by atomic mass is 10.0. The molecule has 1 aliphatic heterocycles. The first-order chi connectivity index (χ1) is 22.0. The minimum Gasteiger partial charge on any atom is -0.489 e. The van der Waals surface area contributed by atoms with E-state index < -0.39 is 11.4 Å². The maximum Gasteiger partial charge on any atom is 0.410 e. The molecule has 1 aliphatic rings. The Morgan fingerprint density at radius 3 is 2.46 bits per heavy atom. The van der Waals surface area contributed by atoms with Crippen molar-refractivity contribution in [2.45, 2.75) is 38.2 Å². The Hall–Kier alpha value is -2.88. The molecule has 1 fully saturated rings. The van der Waals surface area contributed by atoms with Gasteiger partial charge in [0.2, 0.25) is 5.82 Å². The van der Waals surface area contributed by atoms with Crippen LogP contribution in [-0.4, -0.2) is 75.1 Å². The average Bonchev–Trinajstić information content (AvgIpc) is 3.46. The van der Waals surface area contributed by atoms with Gasteiger partial charge >= 0.3 is 6.09 Å². The van der Waals surface area contributed by atoms with Crippen LogP contribution in [-0.2, 0) is 11.8 Å². The summed E-state index contributed by atoms with van der Waals surface area (Å²) in [6.45, 7) is 11.0. The number of aromatic nitrogens is 2. The van der Waals surface area contributed by atoms with Gasteiger partial charge in [-0.3, -0.25) is 13.7 Å². The normalized spacial score (nSPS) is 14.1. The number of hydrogen-bond donors (Lipinski definition) is 0. The van der Waals surface area contributed by atoms with E-state index in [9.17, 15) is 9.59 Å². The molecule has 4 aromatic rings. The molecular formula is C33H38FIN4O5S2. The fourth-order valence-electron chi connectivity index (χ4n) is 5.23. The number of thioether (sulfide) groups is 1. The van der Waals surface area contributed by atoms with Gasteiger partial charge in [-0.25, -0.2) is 4.79 Å². The maximum absolute atomic E-state index is 15.8. The van der Waals surface area contributed by atoms with E-state index in [-0.39, 0.29) is 29.8 Å². The Labute approximate surface area is 289 Å². The third-order valence-electron chi connectivity index (χ3n) is 7.45. The number of aryl methyl sites for hydroxylation is 1. The first kappa shape index (κ1) is 34.5. The summed E-state index contributed by atoms with van der Waals surface area (Å²) in [6.07, 6.45) is 3.38. The van der Waals surface area contributed by atoms with Gasteiger partial charge in [0.1, 0.15) is 23.5 Å². The van der Waals surface area contributed by atoms with Crippen LogP contribution in [0.5, 0.6) is 17.2 Å². The quantitative estimate of drug-likeness (QED) is 0.119. The molecule has 0 spiro atoms. The number of benzene rings is 2. The summed E-state index contributed by atoms with van der Waals surface area (Å²) < 4.78 is 36.8. The van der Waals surface area contributed by atoms with Crippen LogP contribution in [0.2, 0.25) is 0 Å². The molecule has 0 N–H and O–H groups in total. The number of rotatable bonds is 10. The highest BCUT2D eigenvalue weighted by atomic mass is 127. The van der Waals surface area contributed by atoms with E-state index in [0.29, 0.717) is 44.0 Å². The van der Waals surface area contributed by atoms with E-state index in [1.165, 1.54) is 9.12 Å². The van der Waals surface area contributed by atoms with Crippen molar-refractivity contribution >= 4 is 59.1 Å². The average molecular weight is 781 g/mol. The van der Waals surface area contributed by atoms with Crippen molar-refractivity contribution in [2.75, 3.05) is 45.1 Å². The molecule has 0 atom stereocenters. The number of carbonyl (C=O) groups is 1. The summed E-state index contributed by atoms with van der Waals surface area (Å²) in [5, 5.41) is 0.792. The van der Waals surface area contributed by atoms with Crippen molar-refractivity contribution in [3.8, 4) is 28.4 Å². The highest BCUT2D eigenvalue weighted by Gasteiger charge is 2.26. The van der Waals surface area contributed by atoms with E-state index in [4.69, 9.17) is 14.2 Å². The summed E-state index contributed by atoms with van der Waals surface area (Å²) in [4.78, 5) is 30.3. The zero-order valence-corrected chi connectivity index (χ0v) is 30.3. The lowest BCUT2D eigenvalue weighted by Crippen LogP contribution is -2.50. The van der Waals surface area contributed by atoms with Gasteiger partial charge < -0.3 is 23.7 Å². The fraction of sp³-hybridized carbons (Fsp3) is 0.394. The Morgan fingerprint density at radius 1 is 1.02 bits per heavy atom. The van der Waals surface area contributed by atoms with Crippen LogP contribution in [0.3, 0.4) is 0 Å². The van der Waals surface area contributed by atoms with Gasteiger partial charge in [0.05, 0.1) is 0 Å². The number of amides is 1. The predicted octanol–water partition coefficient (Wildman–Crippen LogP) is 7.83.